The molecule has 1 fully saturated rings. The van der Waals surface area contributed by atoms with E-state index >= 15 is 0 Å². The van der Waals surface area contributed by atoms with Gasteiger partial charge in [0.2, 0.25) is 5.91 Å². The van der Waals surface area contributed by atoms with Gasteiger partial charge in [0.15, 0.2) is 0 Å². The van der Waals surface area contributed by atoms with E-state index in [4.69, 9.17) is 4.74 Å². The van der Waals surface area contributed by atoms with Gasteiger partial charge in [-0.15, -0.1) is 12.4 Å². The molecule has 24 heavy (non-hydrogen) atoms. The van der Waals surface area contributed by atoms with E-state index in [2.05, 4.69) is 10.6 Å². The summed E-state index contributed by atoms with van der Waals surface area (Å²) in [4.78, 5) is 24.5. The average Bonchev–Trinajstić information content (AvgIpc) is 2.55. The Balaban J connectivity index is 0.00000288. The van der Waals surface area contributed by atoms with Crippen LogP contribution in [0.5, 0.6) is 0 Å². The first kappa shape index (κ1) is 20.5. The lowest BCUT2D eigenvalue weighted by atomic mass is 9.97. The van der Waals surface area contributed by atoms with Gasteiger partial charge in [0, 0.05) is 6.54 Å². The smallest absolute Gasteiger partial charge is 0.308 e. The van der Waals surface area contributed by atoms with Gasteiger partial charge in [0.1, 0.15) is 0 Å². The minimum absolute atomic E-state index is 0. The predicted octanol–water partition coefficient (Wildman–Crippen LogP) is 2.61. The molecule has 6 heteroatoms. The van der Waals surface area contributed by atoms with Crippen LogP contribution in [0.15, 0.2) is 30.3 Å². The van der Waals surface area contributed by atoms with Crippen LogP contribution >= 0.6 is 12.4 Å². The van der Waals surface area contributed by atoms with Gasteiger partial charge in [0.25, 0.3) is 0 Å². The standard InChI is InChI=1S/C18H26N2O3.ClH/c1-13(2)23-17(21)11-16(14-7-4-3-5-8-14)20-18(22)15-9-6-10-19-12-15;/h3-5,7-8,13,15-16,19H,6,9-12H2,1-2H3,(H,20,22);1H. The zero-order valence-corrected chi connectivity index (χ0v) is 15.1. The highest BCUT2D eigenvalue weighted by Gasteiger charge is 2.25. The highest BCUT2D eigenvalue weighted by atomic mass is 35.5. The summed E-state index contributed by atoms with van der Waals surface area (Å²) in [5, 5.41) is 6.27. The van der Waals surface area contributed by atoms with Crippen LogP contribution in [0.1, 0.15) is 44.7 Å². The number of benzene rings is 1. The number of hydrogen-bond acceptors (Lipinski definition) is 4. The third-order valence-corrected chi connectivity index (χ3v) is 3.92. The number of hydrogen-bond donors (Lipinski definition) is 2. The molecule has 0 aliphatic carbocycles. The largest absolute Gasteiger partial charge is 0.463 e. The van der Waals surface area contributed by atoms with Crippen molar-refractivity contribution in [2.75, 3.05) is 13.1 Å². The first-order chi connectivity index (χ1) is 11.1. The molecule has 1 aliphatic heterocycles. The van der Waals surface area contributed by atoms with Gasteiger partial charge in [-0.05, 0) is 38.8 Å². The lowest BCUT2D eigenvalue weighted by Gasteiger charge is -2.25. The summed E-state index contributed by atoms with van der Waals surface area (Å²) in [6, 6.07) is 9.23. The molecule has 1 heterocycles. The number of carbonyl (C=O) groups is 2. The summed E-state index contributed by atoms with van der Waals surface area (Å²) in [6.45, 7) is 5.31. The Bertz CT molecular complexity index is 516. The van der Waals surface area contributed by atoms with Gasteiger partial charge in [-0.25, -0.2) is 0 Å². The Labute approximate surface area is 149 Å². The predicted molar refractivity (Wildman–Crippen MR) is 96.0 cm³/mol. The molecule has 1 saturated heterocycles. The second kappa shape index (κ2) is 10.3. The topological polar surface area (TPSA) is 67.4 Å². The lowest BCUT2D eigenvalue weighted by Crippen LogP contribution is -2.42. The maximum absolute atomic E-state index is 12.5. The lowest BCUT2D eigenvalue weighted by molar-refractivity contribution is -0.148. The van der Waals surface area contributed by atoms with E-state index < -0.39 is 0 Å². The second-order valence-electron chi connectivity index (χ2n) is 6.26. The van der Waals surface area contributed by atoms with E-state index in [-0.39, 0.29) is 48.8 Å². The van der Waals surface area contributed by atoms with Crippen molar-refractivity contribution in [1.29, 1.82) is 0 Å². The van der Waals surface area contributed by atoms with Crippen molar-refractivity contribution >= 4 is 24.3 Å². The van der Waals surface area contributed by atoms with Crippen LogP contribution < -0.4 is 10.6 Å². The van der Waals surface area contributed by atoms with Crippen molar-refractivity contribution in [2.45, 2.75) is 45.3 Å². The normalized spacial score (nSPS) is 18.4. The first-order valence-corrected chi connectivity index (χ1v) is 8.31. The summed E-state index contributed by atoms with van der Waals surface area (Å²) in [5.74, 6) is -0.324. The quantitative estimate of drug-likeness (QED) is 0.770. The molecule has 2 unspecified atom stereocenters. The number of piperidine rings is 1. The minimum atomic E-state index is -0.350. The fourth-order valence-corrected chi connectivity index (χ4v) is 2.78. The monoisotopic (exact) mass is 354 g/mol. The maximum atomic E-state index is 12.5. The fraction of sp³-hybridized carbons (Fsp3) is 0.556. The number of carbonyl (C=O) groups excluding carboxylic acids is 2. The number of nitrogens with one attached hydrogen (secondary N) is 2. The SMILES string of the molecule is CC(C)OC(=O)CC(NC(=O)C1CCCNC1)c1ccccc1.Cl. The highest BCUT2D eigenvalue weighted by Crippen LogP contribution is 2.20. The summed E-state index contributed by atoms with van der Waals surface area (Å²) in [7, 11) is 0. The molecule has 134 valence electrons. The fourth-order valence-electron chi connectivity index (χ4n) is 2.78. The van der Waals surface area contributed by atoms with Crippen LogP contribution in [-0.4, -0.2) is 31.1 Å². The second-order valence-corrected chi connectivity index (χ2v) is 6.26. The van der Waals surface area contributed by atoms with Gasteiger partial charge in [-0.3, -0.25) is 9.59 Å². The van der Waals surface area contributed by atoms with Crippen LogP contribution in [0.25, 0.3) is 0 Å². The summed E-state index contributed by atoms with van der Waals surface area (Å²) < 4.78 is 5.23. The molecule has 0 saturated carbocycles. The number of ether oxygens (including phenoxy) is 1. The summed E-state index contributed by atoms with van der Waals surface area (Å²) >= 11 is 0. The van der Waals surface area contributed by atoms with Crippen LogP contribution in [0, 0.1) is 5.92 Å². The molecule has 2 rings (SSSR count). The zero-order valence-electron chi connectivity index (χ0n) is 14.3. The molecular formula is C18H27ClN2O3. The molecular weight excluding hydrogens is 328 g/mol. The van der Waals surface area contributed by atoms with Gasteiger partial charge < -0.3 is 15.4 Å². The third-order valence-electron chi connectivity index (χ3n) is 3.92. The van der Waals surface area contributed by atoms with E-state index in [1.807, 2.05) is 44.2 Å². The van der Waals surface area contributed by atoms with Crippen LogP contribution in [0.3, 0.4) is 0 Å². The van der Waals surface area contributed by atoms with Crippen molar-refractivity contribution in [2.24, 2.45) is 5.92 Å². The van der Waals surface area contributed by atoms with Crippen molar-refractivity contribution in [3.8, 4) is 0 Å². The minimum Gasteiger partial charge on any atom is -0.463 e. The summed E-state index contributed by atoms with van der Waals surface area (Å²) in [5.41, 5.74) is 0.922. The Hall–Kier alpha value is -1.59. The van der Waals surface area contributed by atoms with E-state index in [0.29, 0.717) is 6.54 Å². The highest BCUT2D eigenvalue weighted by molar-refractivity contribution is 5.85. The van der Waals surface area contributed by atoms with Crippen molar-refractivity contribution < 1.29 is 14.3 Å². The van der Waals surface area contributed by atoms with Crippen molar-refractivity contribution in [3.63, 3.8) is 0 Å². The van der Waals surface area contributed by atoms with E-state index in [9.17, 15) is 9.59 Å². The number of rotatable bonds is 6. The van der Waals surface area contributed by atoms with Gasteiger partial charge in [-0.1, -0.05) is 30.3 Å². The number of halogens is 1. The van der Waals surface area contributed by atoms with Crippen LogP contribution in [-0.2, 0) is 14.3 Å². The zero-order chi connectivity index (χ0) is 16.7. The Morgan fingerprint density at radius 3 is 2.58 bits per heavy atom. The number of amides is 1. The summed E-state index contributed by atoms with van der Waals surface area (Å²) in [6.07, 6.45) is 1.88. The first-order valence-electron chi connectivity index (χ1n) is 8.31. The van der Waals surface area contributed by atoms with E-state index in [1.165, 1.54) is 0 Å². The van der Waals surface area contributed by atoms with Gasteiger partial charge >= 0.3 is 5.97 Å². The molecule has 1 aromatic rings. The molecule has 1 aliphatic rings. The van der Waals surface area contributed by atoms with Crippen molar-refractivity contribution in [3.05, 3.63) is 35.9 Å². The maximum Gasteiger partial charge on any atom is 0.308 e. The van der Waals surface area contributed by atoms with Crippen LogP contribution in [0.4, 0.5) is 0 Å². The molecule has 2 N–H and O–H groups in total. The molecule has 0 radical (unpaired) electrons. The molecule has 2 atom stereocenters. The van der Waals surface area contributed by atoms with Gasteiger partial charge in [-0.2, -0.15) is 0 Å². The molecule has 1 amide bonds. The average molecular weight is 355 g/mol. The third kappa shape index (κ3) is 6.49. The molecule has 5 nitrogen and oxygen atoms in total. The Kier molecular flexibility index (Phi) is 8.79. The van der Waals surface area contributed by atoms with Crippen molar-refractivity contribution in [1.82, 2.24) is 10.6 Å². The number of esters is 1. The van der Waals surface area contributed by atoms with Crippen LogP contribution in [0.2, 0.25) is 0 Å². The molecule has 0 spiro atoms. The Morgan fingerprint density at radius 1 is 1.29 bits per heavy atom. The Morgan fingerprint density at radius 2 is 2.00 bits per heavy atom. The van der Waals surface area contributed by atoms with Gasteiger partial charge in [0.05, 0.1) is 24.5 Å². The molecule has 0 bridgehead atoms. The molecule has 1 aromatic carbocycles. The van der Waals surface area contributed by atoms with E-state index in [1.54, 1.807) is 0 Å². The van der Waals surface area contributed by atoms with E-state index in [0.717, 1.165) is 24.9 Å². The molecule has 0 aromatic heterocycles.